The van der Waals surface area contributed by atoms with Gasteiger partial charge in [0.05, 0.1) is 5.69 Å². The summed E-state index contributed by atoms with van der Waals surface area (Å²) in [7, 11) is 0. The lowest BCUT2D eigenvalue weighted by atomic mass is 10.1. The minimum atomic E-state index is -0.00903. The molecule has 0 aliphatic carbocycles. The van der Waals surface area contributed by atoms with Crippen LogP contribution in [0.2, 0.25) is 0 Å². The zero-order valence-corrected chi connectivity index (χ0v) is 11.1. The van der Waals surface area contributed by atoms with Crippen LogP contribution in [0.25, 0.3) is 0 Å². The Kier molecular flexibility index (Phi) is 4.36. The van der Waals surface area contributed by atoms with Crippen molar-refractivity contribution in [2.45, 2.75) is 25.9 Å². The number of carbonyl (C=O) groups is 1. The van der Waals surface area contributed by atoms with E-state index in [1.807, 2.05) is 19.1 Å². The van der Waals surface area contributed by atoms with Gasteiger partial charge >= 0.3 is 0 Å². The Labute approximate surface area is 111 Å². The number of halogens is 1. The van der Waals surface area contributed by atoms with Crippen molar-refractivity contribution in [1.82, 2.24) is 15.1 Å². The number of nitrogens with zero attached hydrogens (tertiary/aromatic N) is 3. The van der Waals surface area contributed by atoms with Gasteiger partial charge in [0.25, 0.3) is 0 Å². The van der Waals surface area contributed by atoms with E-state index in [-0.39, 0.29) is 17.9 Å². The molecule has 0 saturated carbocycles. The molecule has 1 aromatic rings. The van der Waals surface area contributed by atoms with Gasteiger partial charge in [0.1, 0.15) is 12.0 Å². The molecular formula is C12H16ClN3O2. The lowest BCUT2D eigenvalue weighted by Gasteiger charge is -2.31. The normalized spacial score (nSPS) is 16.7. The van der Waals surface area contributed by atoms with Gasteiger partial charge in [0.2, 0.25) is 11.8 Å². The SMILES string of the molecule is Cc1ccc(OC2CCN(C(=O)CCl)CC2)nn1. The number of hydrogen-bond donors (Lipinski definition) is 0. The molecule has 0 unspecified atom stereocenters. The molecule has 6 heteroatoms. The molecule has 0 aromatic carbocycles. The first-order valence-electron chi connectivity index (χ1n) is 6.00. The van der Waals surface area contributed by atoms with Gasteiger partial charge in [-0.2, -0.15) is 5.10 Å². The summed E-state index contributed by atoms with van der Waals surface area (Å²) in [6.45, 7) is 3.26. The lowest BCUT2D eigenvalue weighted by Crippen LogP contribution is -2.42. The highest BCUT2D eigenvalue weighted by molar-refractivity contribution is 6.27. The number of amides is 1. The van der Waals surface area contributed by atoms with Gasteiger partial charge in [0, 0.05) is 32.0 Å². The first kappa shape index (κ1) is 13.1. The molecule has 0 atom stereocenters. The van der Waals surface area contributed by atoms with E-state index in [4.69, 9.17) is 16.3 Å². The van der Waals surface area contributed by atoms with E-state index in [2.05, 4.69) is 10.2 Å². The maximum atomic E-state index is 11.4. The van der Waals surface area contributed by atoms with Gasteiger partial charge in [-0.05, 0) is 13.0 Å². The van der Waals surface area contributed by atoms with E-state index in [1.165, 1.54) is 0 Å². The van der Waals surface area contributed by atoms with Crippen LogP contribution in [0.3, 0.4) is 0 Å². The molecule has 0 radical (unpaired) electrons. The third-order valence-electron chi connectivity index (χ3n) is 2.97. The molecule has 2 heterocycles. The molecule has 0 N–H and O–H groups in total. The fourth-order valence-electron chi connectivity index (χ4n) is 1.93. The predicted molar refractivity (Wildman–Crippen MR) is 67.7 cm³/mol. The number of aryl methyl sites for hydroxylation is 1. The lowest BCUT2D eigenvalue weighted by molar-refractivity contribution is -0.130. The number of rotatable bonds is 3. The van der Waals surface area contributed by atoms with Gasteiger partial charge < -0.3 is 9.64 Å². The summed E-state index contributed by atoms with van der Waals surface area (Å²) in [5.74, 6) is 0.586. The highest BCUT2D eigenvalue weighted by Crippen LogP contribution is 2.17. The van der Waals surface area contributed by atoms with E-state index >= 15 is 0 Å². The third kappa shape index (κ3) is 3.32. The Bertz CT molecular complexity index is 402. The molecule has 1 aliphatic heterocycles. The van der Waals surface area contributed by atoms with Crippen molar-refractivity contribution >= 4 is 17.5 Å². The van der Waals surface area contributed by atoms with Crippen molar-refractivity contribution < 1.29 is 9.53 Å². The first-order valence-corrected chi connectivity index (χ1v) is 6.53. The van der Waals surface area contributed by atoms with E-state index in [1.54, 1.807) is 4.90 Å². The smallest absolute Gasteiger partial charge is 0.237 e. The number of ether oxygens (including phenoxy) is 1. The fourth-order valence-corrected chi connectivity index (χ4v) is 2.10. The van der Waals surface area contributed by atoms with Crippen LogP contribution < -0.4 is 4.74 Å². The second-order valence-corrected chi connectivity index (χ2v) is 4.61. The Morgan fingerprint density at radius 3 is 2.72 bits per heavy atom. The Morgan fingerprint density at radius 1 is 1.44 bits per heavy atom. The van der Waals surface area contributed by atoms with E-state index in [0.717, 1.165) is 18.5 Å². The molecule has 18 heavy (non-hydrogen) atoms. The van der Waals surface area contributed by atoms with Crippen molar-refractivity contribution in [1.29, 1.82) is 0 Å². The number of carbonyl (C=O) groups excluding carboxylic acids is 1. The van der Waals surface area contributed by atoms with Gasteiger partial charge in [0.15, 0.2) is 0 Å². The number of likely N-dealkylation sites (tertiary alicyclic amines) is 1. The summed E-state index contributed by atoms with van der Waals surface area (Å²) < 4.78 is 5.73. The second-order valence-electron chi connectivity index (χ2n) is 4.34. The molecule has 1 fully saturated rings. The number of alkyl halides is 1. The maximum Gasteiger partial charge on any atom is 0.237 e. The van der Waals surface area contributed by atoms with Crippen molar-refractivity contribution in [2.24, 2.45) is 0 Å². The molecule has 1 aromatic heterocycles. The summed E-state index contributed by atoms with van der Waals surface area (Å²) in [6.07, 6.45) is 1.71. The average Bonchev–Trinajstić information content (AvgIpc) is 2.41. The molecule has 1 amide bonds. The summed E-state index contributed by atoms with van der Waals surface area (Å²) in [5, 5.41) is 7.91. The minimum Gasteiger partial charge on any atom is -0.473 e. The fraction of sp³-hybridized carbons (Fsp3) is 0.583. The zero-order chi connectivity index (χ0) is 13.0. The molecule has 0 spiro atoms. The van der Waals surface area contributed by atoms with Crippen LogP contribution in [0.1, 0.15) is 18.5 Å². The maximum absolute atomic E-state index is 11.4. The van der Waals surface area contributed by atoms with Crippen LogP contribution >= 0.6 is 11.6 Å². The monoisotopic (exact) mass is 269 g/mol. The van der Waals surface area contributed by atoms with Crippen LogP contribution in [0.4, 0.5) is 0 Å². The summed E-state index contributed by atoms with van der Waals surface area (Å²) in [6, 6.07) is 3.69. The highest BCUT2D eigenvalue weighted by atomic mass is 35.5. The molecule has 0 bridgehead atoms. The van der Waals surface area contributed by atoms with Gasteiger partial charge in [-0.25, -0.2) is 0 Å². The Morgan fingerprint density at radius 2 is 2.17 bits per heavy atom. The quantitative estimate of drug-likeness (QED) is 0.778. The van der Waals surface area contributed by atoms with Crippen LogP contribution in [0.5, 0.6) is 5.88 Å². The van der Waals surface area contributed by atoms with Crippen molar-refractivity contribution in [2.75, 3.05) is 19.0 Å². The van der Waals surface area contributed by atoms with Crippen molar-refractivity contribution in [3.05, 3.63) is 17.8 Å². The number of hydrogen-bond acceptors (Lipinski definition) is 4. The average molecular weight is 270 g/mol. The van der Waals surface area contributed by atoms with E-state index < -0.39 is 0 Å². The molecule has 1 saturated heterocycles. The van der Waals surface area contributed by atoms with Gasteiger partial charge in [-0.3, -0.25) is 4.79 Å². The van der Waals surface area contributed by atoms with E-state index in [0.29, 0.717) is 19.0 Å². The van der Waals surface area contributed by atoms with Crippen molar-refractivity contribution in [3.63, 3.8) is 0 Å². The topological polar surface area (TPSA) is 55.3 Å². The standard InChI is InChI=1S/C12H16ClN3O2/c1-9-2-3-11(15-14-9)18-10-4-6-16(7-5-10)12(17)8-13/h2-3,10H,4-8H2,1H3. The molecule has 98 valence electrons. The highest BCUT2D eigenvalue weighted by Gasteiger charge is 2.23. The van der Waals surface area contributed by atoms with Crippen LogP contribution in [0, 0.1) is 6.92 Å². The van der Waals surface area contributed by atoms with Crippen LogP contribution in [-0.2, 0) is 4.79 Å². The number of piperidine rings is 1. The first-order chi connectivity index (χ1) is 8.69. The van der Waals surface area contributed by atoms with Crippen LogP contribution in [0.15, 0.2) is 12.1 Å². The molecule has 5 nitrogen and oxygen atoms in total. The largest absolute Gasteiger partial charge is 0.473 e. The van der Waals surface area contributed by atoms with Gasteiger partial charge in [-0.15, -0.1) is 16.7 Å². The third-order valence-corrected chi connectivity index (χ3v) is 3.20. The molecular weight excluding hydrogens is 254 g/mol. The van der Waals surface area contributed by atoms with Crippen LogP contribution in [-0.4, -0.2) is 46.1 Å². The molecule has 2 rings (SSSR count). The van der Waals surface area contributed by atoms with E-state index in [9.17, 15) is 4.79 Å². The minimum absolute atomic E-state index is 0.00903. The number of aromatic nitrogens is 2. The van der Waals surface area contributed by atoms with Crippen molar-refractivity contribution in [3.8, 4) is 5.88 Å². The molecule has 1 aliphatic rings. The summed E-state index contributed by atoms with van der Waals surface area (Å²) in [4.78, 5) is 13.2. The Balaban J connectivity index is 1.83. The summed E-state index contributed by atoms with van der Waals surface area (Å²) in [5.41, 5.74) is 0.866. The summed E-state index contributed by atoms with van der Waals surface area (Å²) >= 11 is 5.53. The Hall–Kier alpha value is -1.36. The second kappa shape index (κ2) is 6.00. The predicted octanol–water partition coefficient (Wildman–Crippen LogP) is 1.39. The zero-order valence-electron chi connectivity index (χ0n) is 10.3. The van der Waals surface area contributed by atoms with Gasteiger partial charge in [-0.1, -0.05) is 0 Å².